The van der Waals surface area contributed by atoms with E-state index in [0.717, 1.165) is 19.0 Å². The van der Waals surface area contributed by atoms with Crippen molar-refractivity contribution in [2.45, 2.75) is 31.8 Å². The summed E-state index contributed by atoms with van der Waals surface area (Å²) in [6, 6.07) is 1.45. The van der Waals surface area contributed by atoms with Gasteiger partial charge in [-0.1, -0.05) is 0 Å². The second-order valence-corrected chi connectivity index (χ2v) is 4.76. The molecule has 0 aromatic rings. The number of rotatable bonds is 4. The first-order chi connectivity index (χ1) is 5.75. The van der Waals surface area contributed by atoms with Crippen molar-refractivity contribution in [3.63, 3.8) is 0 Å². The maximum absolute atomic E-state index is 5.53. The third-order valence-electron chi connectivity index (χ3n) is 2.76. The molecule has 0 aliphatic carbocycles. The third kappa shape index (κ3) is 2.64. The van der Waals surface area contributed by atoms with Gasteiger partial charge in [-0.25, -0.2) is 0 Å². The van der Waals surface area contributed by atoms with Crippen molar-refractivity contribution < 1.29 is 0 Å². The van der Waals surface area contributed by atoms with Crippen molar-refractivity contribution in [3.8, 4) is 0 Å². The van der Waals surface area contributed by atoms with Crippen molar-refractivity contribution in [2.75, 3.05) is 25.1 Å². The predicted octanol–water partition coefficient (Wildman–Crippen LogP) is 1.16. The quantitative estimate of drug-likeness (QED) is 0.718. The van der Waals surface area contributed by atoms with Crippen LogP contribution in [-0.4, -0.2) is 42.1 Å². The predicted molar refractivity (Wildman–Crippen MR) is 56.6 cm³/mol. The Bertz CT molecular complexity index is 124. The lowest BCUT2D eigenvalue weighted by atomic mass is 10.1. The SMILES string of the molecule is CC(CCN)N(C)C1CCSC1. The summed E-state index contributed by atoms with van der Waals surface area (Å²) in [5, 5.41) is 0. The highest BCUT2D eigenvalue weighted by atomic mass is 32.2. The Labute approximate surface area is 79.9 Å². The molecule has 72 valence electrons. The summed E-state index contributed by atoms with van der Waals surface area (Å²) >= 11 is 2.07. The van der Waals surface area contributed by atoms with Gasteiger partial charge in [0.05, 0.1) is 0 Å². The highest BCUT2D eigenvalue weighted by Gasteiger charge is 2.22. The van der Waals surface area contributed by atoms with Crippen LogP contribution in [0.4, 0.5) is 0 Å². The summed E-state index contributed by atoms with van der Waals surface area (Å²) in [7, 11) is 2.23. The van der Waals surface area contributed by atoms with E-state index >= 15 is 0 Å². The van der Waals surface area contributed by atoms with Crippen LogP contribution in [0.1, 0.15) is 19.8 Å². The van der Waals surface area contributed by atoms with Crippen LogP contribution < -0.4 is 5.73 Å². The zero-order valence-electron chi connectivity index (χ0n) is 8.12. The number of nitrogens with zero attached hydrogens (tertiary/aromatic N) is 1. The fraction of sp³-hybridized carbons (Fsp3) is 1.00. The fourth-order valence-electron chi connectivity index (χ4n) is 1.65. The first-order valence-corrected chi connectivity index (χ1v) is 5.91. The standard InChI is InChI=1S/C9H20N2S/c1-8(3-5-10)11(2)9-4-6-12-7-9/h8-9H,3-7,10H2,1-2H3. The molecule has 0 bridgehead atoms. The van der Waals surface area contributed by atoms with Gasteiger partial charge in [0.25, 0.3) is 0 Å². The number of hydrogen-bond donors (Lipinski definition) is 1. The molecular weight excluding hydrogens is 168 g/mol. The molecule has 1 rings (SSSR count). The monoisotopic (exact) mass is 188 g/mol. The lowest BCUT2D eigenvalue weighted by Gasteiger charge is -2.29. The fourth-order valence-corrected chi connectivity index (χ4v) is 2.93. The van der Waals surface area contributed by atoms with Gasteiger partial charge in [-0.15, -0.1) is 0 Å². The van der Waals surface area contributed by atoms with Gasteiger partial charge in [0.15, 0.2) is 0 Å². The topological polar surface area (TPSA) is 29.3 Å². The van der Waals surface area contributed by atoms with Gasteiger partial charge in [0.1, 0.15) is 0 Å². The van der Waals surface area contributed by atoms with Crippen LogP contribution >= 0.6 is 11.8 Å². The van der Waals surface area contributed by atoms with Crippen LogP contribution in [-0.2, 0) is 0 Å². The highest BCUT2D eigenvalue weighted by Crippen LogP contribution is 2.23. The molecule has 0 spiro atoms. The van der Waals surface area contributed by atoms with Crippen molar-refractivity contribution >= 4 is 11.8 Å². The molecule has 0 amide bonds. The number of thioether (sulfide) groups is 1. The second kappa shape index (κ2) is 5.10. The maximum atomic E-state index is 5.53. The van der Waals surface area contributed by atoms with Crippen LogP contribution in [0.25, 0.3) is 0 Å². The van der Waals surface area contributed by atoms with Crippen molar-refractivity contribution in [2.24, 2.45) is 5.73 Å². The van der Waals surface area contributed by atoms with Crippen LogP contribution in [0.3, 0.4) is 0 Å². The molecule has 2 atom stereocenters. The largest absolute Gasteiger partial charge is 0.330 e. The smallest absolute Gasteiger partial charge is 0.0194 e. The van der Waals surface area contributed by atoms with Crippen LogP contribution in [0.2, 0.25) is 0 Å². The Morgan fingerprint density at radius 1 is 1.67 bits per heavy atom. The van der Waals surface area contributed by atoms with E-state index in [1.165, 1.54) is 17.9 Å². The Kier molecular flexibility index (Phi) is 4.40. The number of nitrogens with two attached hydrogens (primary N) is 1. The molecule has 0 saturated carbocycles. The molecule has 2 nitrogen and oxygen atoms in total. The molecular formula is C9H20N2S. The van der Waals surface area contributed by atoms with Crippen molar-refractivity contribution in [3.05, 3.63) is 0 Å². The van der Waals surface area contributed by atoms with Crippen LogP contribution in [0.5, 0.6) is 0 Å². The zero-order chi connectivity index (χ0) is 8.97. The lowest BCUT2D eigenvalue weighted by Crippen LogP contribution is -2.39. The van der Waals surface area contributed by atoms with E-state index in [1.54, 1.807) is 0 Å². The maximum Gasteiger partial charge on any atom is 0.0194 e. The first-order valence-electron chi connectivity index (χ1n) is 4.75. The van der Waals surface area contributed by atoms with Gasteiger partial charge in [-0.2, -0.15) is 11.8 Å². The van der Waals surface area contributed by atoms with E-state index in [4.69, 9.17) is 5.73 Å². The van der Waals surface area contributed by atoms with Gasteiger partial charge >= 0.3 is 0 Å². The van der Waals surface area contributed by atoms with E-state index in [-0.39, 0.29) is 0 Å². The minimum atomic E-state index is 0.652. The molecule has 1 heterocycles. The molecule has 0 radical (unpaired) electrons. The Morgan fingerprint density at radius 3 is 2.92 bits per heavy atom. The van der Waals surface area contributed by atoms with E-state index in [1.807, 2.05) is 0 Å². The second-order valence-electron chi connectivity index (χ2n) is 3.61. The van der Waals surface area contributed by atoms with Gasteiger partial charge in [0.2, 0.25) is 0 Å². The minimum Gasteiger partial charge on any atom is -0.330 e. The Morgan fingerprint density at radius 2 is 2.42 bits per heavy atom. The van der Waals surface area contributed by atoms with E-state index < -0.39 is 0 Å². The molecule has 0 aromatic carbocycles. The Balaban J connectivity index is 2.29. The normalized spacial score (nSPS) is 26.5. The van der Waals surface area contributed by atoms with Gasteiger partial charge < -0.3 is 5.73 Å². The summed E-state index contributed by atoms with van der Waals surface area (Å²) in [5.41, 5.74) is 5.53. The molecule has 1 saturated heterocycles. The van der Waals surface area contributed by atoms with Crippen molar-refractivity contribution in [1.82, 2.24) is 4.90 Å². The van der Waals surface area contributed by atoms with Crippen LogP contribution in [0, 0.1) is 0 Å². The zero-order valence-corrected chi connectivity index (χ0v) is 8.94. The van der Waals surface area contributed by atoms with E-state index in [0.29, 0.717) is 6.04 Å². The first kappa shape index (κ1) is 10.4. The average molecular weight is 188 g/mol. The Hall–Kier alpha value is 0.270. The summed E-state index contributed by atoms with van der Waals surface area (Å²) < 4.78 is 0. The molecule has 2 unspecified atom stereocenters. The molecule has 0 aromatic heterocycles. The summed E-state index contributed by atoms with van der Waals surface area (Å²) in [5.74, 6) is 2.65. The summed E-state index contributed by atoms with van der Waals surface area (Å²) in [4.78, 5) is 2.49. The minimum absolute atomic E-state index is 0.652. The molecule has 1 aliphatic heterocycles. The number of hydrogen-bond acceptors (Lipinski definition) is 3. The van der Waals surface area contributed by atoms with Gasteiger partial charge in [0, 0.05) is 17.8 Å². The summed E-state index contributed by atoms with van der Waals surface area (Å²) in [6.45, 7) is 3.08. The summed E-state index contributed by atoms with van der Waals surface area (Å²) in [6.07, 6.45) is 2.48. The molecule has 2 N–H and O–H groups in total. The van der Waals surface area contributed by atoms with Gasteiger partial charge in [-0.3, -0.25) is 4.90 Å². The van der Waals surface area contributed by atoms with Crippen molar-refractivity contribution in [1.29, 1.82) is 0 Å². The van der Waals surface area contributed by atoms with Crippen LogP contribution in [0.15, 0.2) is 0 Å². The molecule has 12 heavy (non-hydrogen) atoms. The highest BCUT2D eigenvalue weighted by molar-refractivity contribution is 7.99. The molecule has 1 fully saturated rings. The van der Waals surface area contributed by atoms with E-state index in [2.05, 4.69) is 30.6 Å². The lowest BCUT2D eigenvalue weighted by molar-refractivity contribution is 0.193. The van der Waals surface area contributed by atoms with Gasteiger partial charge in [-0.05, 0) is 39.1 Å². The molecule has 1 aliphatic rings. The third-order valence-corrected chi connectivity index (χ3v) is 3.91. The van der Waals surface area contributed by atoms with E-state index in [9.17, 15) is 0 Å². The average Bonchev–Trinajstić information content (AvgIpc) is 2.55. The molecule has 3 heteroatoms.